The molecule has 8 nitrogen and oxygen atoms in total. The summed E-state index contributed by atoms with van der Waals surface area (Å²) in [6, 6.07) is 5.27. The smallest absolute Gasteiger partial charge is 0.355 e. The topological polar surface area (TPSA) is 100 Å². The third kappa shape index (κ3) is 3.69. The van der Waals surface area contributed by atoms with Crippen LogP contribution in [0.2, 0.25) is 0 Å². The molecule has 160 valence electrons. The quantitative estimate of drug-likeness (QED) is 0.448. The number of carbonyl (C=O) groups excluding carboxylic acids is 1. The molecule has 3 aromatic heterocycles. The summed E-state index contributed by atoms with van der Waals surface area (Å²) in [6.45, 7) is 1.94. The van der Waals surface area contributed by atoms with E-state index in [1.54, 1.807) is 19.2 Å². The summed E-state index contributed by atoms with van der Waals surface area (Å²) in [5.41, 5.74) is 1.54. The molecular formula is C20H18F3N7O. The number of halogens is 3. The van der Waals surface area contributed by atoms with Crippen LogP contribution in [0.15, 0.2) is 43.0 Å². The largest absolute Gasteiger partial charge is 0.435 e. The fraction of sp³-hybridized carbons (Fsp3) is 0.200. The molecule has 1 aromatic carbocycles. The molecule has 0 aliphatic rings. The van der Waals surface area contributed by atoms with E-state index in [1.165, 1.54) is 29.2 Å². The van der Waals surface area contributed by atoms with Crippen LogP contribution >= 0.6 is 0 Å². The average Bonchev–Trinajstić information content (AvgIpc) is 3.40. The van der Waals surface area contributed by atoms with Crippen molar-refractivity contribution in [2.75, 3.05) is 12.4 Å². The zero-order chi connectivity index (χ0) is 22.2. The molecule has 0 saturated heterocycles. The van der Waals surface area contributed by atoms with E-state index < -0.39 is 11.9 Å². The van der Waals surface area contributed by atoms with E-state index in [0.717, 1.165) is 5.56 Å². The molecule has 0 unspecified atom stereocenters. The van der Waals surface area contributed by atoms with Crippen LogP contribution in [0.1, 0.15) is 28.5 Å². The van der Waals surface area contributed by atoms with E-state index in [9.17, 15) is 18.0 Å². The third-order valence-corrected chi connectivity index (χ3v) is 4.83. The first kappa shape index (κ1) is 20.4. The minimum Gasteiger partial charge on any atom is -0.355 e. The number of benzene rings is 1. The van der Waals surface area contributed by atoms with E-state index in [0.29, 0.717) is 29.1 Å². The summed E-state index contributed by atoms with van der Waals surface area (Å²) in [5.74, 6) is 0.183. The minimum atomic E-state index is -4.60. The normalized spacial score (nSPS) is 11.6. The first-order valence-electron chi connectivity index (χ1n) is 9.39. The number of anilines is 2. The summed E-state index contributed by atoms with van der Waals surface area (Å²) in [5, 5.41) is 11.3. The summed E-state index contributed by atoms with van der Waals surface area (Å²) < 4.78 is 41.3. The van der Waals surface area contributed by atoms with Crippen LogP contribution in [-0.4, -0.2) is 37.5 Å². The second kappa shape index (κ2) is 7.74. The highest BCUT2D eigenvalue weighted by atomic mass is 19.4. The lowest BCUT2D eigenvalue weighted by atomic mass is 10.0. The van der Waals surface area contributed by atoms with Crippen molar-refractivity contribution in [3.63, 3.8) is 0 Å². The number of carbonyl (C=O) groups is 1. The van der Waals surface area contributed by atoms with Gasteiger partial charge in [-0.3, -0.25) is 14.3 Å². The number of imidazole rings is 1. The van der Waals surface area contributed by atoms with Crippen LogP contribution in [0.3, 0.4) is 0 Å². The molecule has 0 radical (unpaired) electrons. The van der Waals surface area contributed by atoms with Gasteiger partial charge in [0.2, 0.25) is 0 Å². The van der Waals surface area contributed by atoms with Gasteiger partial charge in [-0.2, -0.15) is 18.3 Å². The van der Waals surface area contributed by atoms with Crippen LogP contribution in [0.4, 0.5) is 24.7 Å². The Labute approximate surface area is 174 Å². The number of hydrogen-bond donors (Lipinski definition) is 3. The van der Waals surface area contributed by atoms with E-state index in [2.05, 4.69) is 30.8 Å². The molecule has 0 aliphatic carbocycles. The molecule has 3 N–H and O–H groups in total. The number of aromatic nitrogens is 5. The third-order valence-electron chi connectivity index (χ3n) is 4.83. The molecule has 0 aliphatic heterocycles. The summed E-state index contributed by atoms with van der Waals surface area (Å²) >= 11 is 0. The molecule has 4 aromatic rings. The molecule has 31 heavy (non-hydrogen) atoms. The Morgan fingerprint density at radius 1 is 1.26 bits per heavy atom. The Balaban J connectivity index is 1.73. The van der Waals surface area contributed by atoms with Gasteiger partial charge >= 0.3 is 6.18 Å². The maximum atomic E-state index is 13.3. The number of amides is 1. The Hall–Kier alpha value is -3.89. The molecule has 4 rings (SSSR count). The summed E-state index contributed by atoms with van der Waals surface area (Å²) in [4.78, 5) is 20.5. The van der Waals surface area contributed by atoms with Crippen molar-refractivity contribution in [1.29, 1.82) is 0 Å². The first-order valence-corrected chi connectivity index (χ1v) is 9.39. The monoisotopic (exact) mass is 429 g/mol. The number of H-pyrrole nitrogens is 1. The molecule has 3 heterocycles. The number of nitrogens with zero attached hydrogens (tertiary/aromatic N) is 4. The van der Waals surface area contributed by atoms with E-state index in [1.807, 2.05) is 13.0 Å². The maximum Gasteiger partial charge on any atom is 0.435 e. The van der Waals surface area contributed by atoms with Crippen molar-refractivity contribution in [1.82, 2.24) is 29.9 Å². The molecule has 0 atom stereocenters. The average molecular weight is 429 g/mol. The Bertz CT molecular complexity index is 1260. The van der Waals surface area contributed by atoms with Gasteiger partial charge in [0, 0.05) is 36.9 Å². The van der Waals surface area contributed by atoms with E-state index in [-0.39, 0.29) is 17.2 Å². The van der Waals surface area contributed by atoms with Crippen LogP contribution in [-0.2, 0) is 12.6 Å². The van der Waals surface area contributed by atoms with Crippen molar-refractivity contribution >= 4 is 23.1 Å². The second-order valence-corrected chi connectivity index (χ2v) is 6.69. The molecule has 11 heteroatoms. The van der Waals surface area contributed by atoms with Gasteiger partial charge in [-0.15, -0.1) is 0 Å². The minimum absolute atomic E-state index is 0.111. The van der Waals surface area contributed by atoms with Gasteiger partial charge in [-0.05, 0) is 30.2 Å². The maximum absolute atomic E-state index is 13.3. The van der Waals surface area contributed by atoms with Crippen LogP contribution in [0, 0.1) is 0 Å². The van der Waals surface area contributed by atoms with Gasteiger partial charge in [0.05, 0.1) is 17.5 Å². The lowest BCUT2D eigenvalue weighted by Crippen LogP contribution is -2.19. The van der Waals surface area contributed by atoms with Gasteiger partial charge in [-0.1, -0.05) is 6.92 Å². The molecular weight excluding hydrogens is 411 g/mol. The summed E-state index contributed by atoms with van der Waals surface area (Å²) in [6.07, 6.45) is 1.57. The van der Waals surface area contributed by atoms with Crippen molar-refractivity contribution < 1.29 is 18.0 Å². The lowest BCUT2D eigenvalue weighted by molar-refractivity contribution is -0.140. The number of aryl methyl sites for hydroxylation is 1. The lowest BCUT2D eigenvalue weighted by Gasteiger charge is -2.12. The van der Waals surface area contributed by atoms with Gasteiger partial charge < -0.3 is 10.6 Å². The zero-order valence-electron chi connectivity index (χ0n) is 16.6. The highest BCUT2D eigenvalue weighted by Gasteiger charge is 2.37. The fourth-order valence-electron chi connectivity index (χ4n) is 3.36. The highest BCUT2D eigenvalue weighted by molar-refractivity contribution is 5.96. The standard InChI is InChI=1S/C20H18F3N7O/c1-3-11-8-12(4-5-13(11)19(31)24-2)28-17-18-26-10-15(30(18)7-6-25-17)14-9-27-29-16(14)20(21,22)23/h4-10H,3H2,1-2H3,(H,24,31)(H,25,28)(H,27,29). The van der Waals surface area contributed by atoms with Crippen molar-refractivity contribution in [3.05, 3.63) is 59.8 Å². The van der Waals surface area contributed by atoms with E-state index >= 15 is 0 Å². The van der Waals surface area contributed by atoms with Gasteiger partial charge in [0.1, 0.15) is 0 Å². The predicted molar refractivity (Wildman–Crippen MR) is 108 cm³/mol. The van der Waals surface area contributed by atoms with Gasteiger partial charge in [-0.25, -0.2) is 9.97 Å². The zero-order valence-corrected chi connectivity index (χ0v) is 16.6. The van der Waals surface area contributed by atoms with Crippen LogP contribution in [0.5, 0.6) is 0 Å². The SMILES string of the molecule is CCc1cc(Nc2nccn3c(-c4c[nH]nc4C(F)(F)F)cnc23)ccc1C(=O)NC. The highest BCUT2D eigenvalue weighted by Crippen LogP contribution is 2.36. The molecule has 0 fully saturated rings. The number of alkyl halides is 3. The van der Waals surface area contributed by atoms with Crippen molar-refractivity contribution in [3.8, 4) is 11.3 Å². The number of aromatic amines is 1. The number of rotatable bonds is 5. The Morgan fingerprint density at radius 3 is 2.77 bits per heavy atom. The predicted octanol–water partition coefficient (Wildman–Crippen LogP) is 3.80. The first-order chi connectivity index (χ1) is 14.8. The summed E-state index contributed by atoms with van der Waals surface area (Å²) in [7, 11) is 1.57. The molecule has 0 spiro atoms. The number of nitrogens with one attached hydrogen (secondary N) is 3. The molecule has 1 amide bonds. The number of hydrogen-bond acceptors (Lipinski definition) is 5. The Morgan fingerprint density at radius 2 is 2.06 bits per heavy atom. The van der Waals surface area contributed by atoms with Crippen LogP contribution in [0.25, 0.3) is 16.9 Å². The Kier molecular flexibility index (Phi) is 5.09. The second-order valence-electron chi connectivity index (χ2n) is 6.69. The molecule has 0 saturated carbocycles. The van der Waals surface area contributed by atoms with E-state index in [4.69, 9.17) is 0 Å². The van der Waals surface area contributed by atoms with Crippen molar-refractivity contribution in [2.24, 2.45) is 0 Å². The number of fused-ring (bicyclic) bond motifs is 1. The van der Waals surface area contributed by atoms with Crippen LogP contribution < -0.4 is 10.6 Å². The van der Waals surface area contributed by atoms with Gasteiger partial charge in [0.15, 0.2) is 17.2 Å². The fourth-order valence-corrected chi connectivity index (χ4v) is 3.36. The van der Waals surface area contributed by atoms with Crippen molar-refractivity contribution in [2.45, 2.75) is 19.5 Å². The van der Waals surface area contributed by atoms with Gasteiger partial charge in [0.25, 0.3) is 5.91 Å². The molecule has 0 bridgehead atoms.